The van der Waals surface area contributed by atoms with Gasteiger partial charge in [-0.2, -0.15) is 0 Å². The van der Waals surface area contributed by atoms with Crippen LogP contribution in [0.2, 0.25) is 0 Å². The van der Waals surface area contributed by atoms with Gasteiger partial charge in [-0.3, -0.25) is 14.2 Å². The van der Waals surface area contributed by atoms with E-state index in [2.05, 4.69) is 57.7 Å². The second kappa shape index (κ2) is 8.34. The average Bonchev–Trinajstić information content (AvgIpc) is 2.74. The van der Waals surface area contributed by atoms with Crippen LogP contribution in [-0.2, 0) is 16.8 Å². The van der Waals surface area contributed by atoms with E-state index in [4.69, 9.17) is 4.98 Å². The van der Waals surface area contributed by atoms with Crippen molar-refractivity contribution >= 4 is 23.4 Å². The number of anilines is 1. The smallest absolute Gasteiger partial charge is 0.254 e. The highest BCUT2D eigenvalue weighted by molar-refractivity contribution is 7.99. The number of aryl methyl sites for hydroxylation is 2. The van der Waals surface area contributed by atoms with Gasteiger partial charge < -0.3 is 9.80 Å². The van der Waals surface area contributed by atoms with Crippen LogP contribution in [0.25, 0.3) is 0 Å². The van der Waals surface area contributed by atoms with Crippen molar-refractivity contribution in [3.05, 3.63) is 51.4 Å². The first-order chi connectivity index (χ1) is 14.6. The van der Waals surface area contributed by atoms with Crippen molar-refractivity contribution < 1.29 is 4.79 Å². The molecule has 0 N–H and O–H groups in total. The molecule has 1 unspecified atom stereocenters. The fourth-order valence-corrected chi connectivity index (χ4v) is 5.31. The summed E-state index contributed by atoms with van der Waals surface area (Å²) in [6.45, 7) is 14.0. The monoisotopic (exact) mass is 440 g/mol. The molecule has 4 rings (SSSR count). The first-order valence-corrected chi connectivity index (χ1v) is 12.0. The van der Waals surface area contributed by atoms with Crippen LogP contribution in [-0.4, -0.2) is 52.3 Å². The lowest BCUT2D eigenvalue weighted by molar-refractivity contribution is -0.135. The summed E-state index contributed by atoms with van der Waals surface area (Å²) in [5.41, 5.74) is 4.37. The highest BCUT2D eigenvalue weighted by Gasteiger charge is 2.32. The minimum atomic E-state index is -0.176. The van der Waals surface area contributed by atoms with E-state index in [0.29, 0.717) is 12.3 Å². The van der Waals surface area contributed by atoms with Crippen LogP contribution in [0.1, 0.15) is 37.6 Å². The summed E-state index contributed by atoms with van der Waals surface area (Å²) in [6.07, 6.45) is 0. The number of aromatic nitrogens is 2. The van der Waals surface area contributed by atoms with Gasteiger partial charge in [-0.15, -0.1) is 0 Å². The number of thioether (sulfide) groups is 1. The van der Waals surface area contributed by atoms with Crippen LogP contribution in [0.15, 0.2) is 34.2 Å². The van der Waals surface area contributed by atoms with Crippen LogP contribution in [0.3, 0.4) is 0 Å². The molecule has 1 aromatic carbocycles. The summed E-state index contributed by atoms with van der Waals surface area (Å²) in [6, 6.07) is 8.15. The van der Waals surface area contributed by atoms with Gasteiger partial charge in [-0.25, -0.2) is 4.98 Å². The van der Waals surface area contributed by atoms with Crippen molar-refractivity contribution in [1.82, 2.24) is 14.5 Å². The maximum Gasteiger partial charge on any atom is 0.254 e. The lowest BCUT2D eigenvalue weighted by atomic mass is 9.92. The molecule has 1 aromatic heterocycles. The van der Waals surface area contributed by atoms with Gasteiger partial charge in [-0.1, -0.05) is 44.7 Å². The maximum absolute atomic E-state index is 13.2. The highest BCUT2D eigenvalue weighted by Crippen LogP contribution is 2.29. The normalized spacial score (nSPS) is 19.3. The van der Waals surface area contributed by atoms with Crippen LogP contribution in [0.4, 0.5) is 5.69 Å². The Morgan fingerprint density at radius 1 is 1.10 bits per heavy atom. The molecule has 0 aliphatic carbocycles. The largest absolute Gasteiger partial charge is 0.368 e. The summed E-state index contributed by atoms with van der Waals surface area (Å²) < 4.78 is 1.68. The fourth-order valence-electron chi connectivity index (χ4n) is 4.23. The molecular formula is C24H32N4O2S. The molecule has 1 saturated heterocycles. The van der Waals surface area contributed by atoms with Gasteiger partial charge in [0, 0.05) is 55.6 Å². The molecule has 1 atom stereocenters. The first-order valence-electron chi connectivity index (χ1n) is 11.0. The summed E-state index contributed by atoms with van der Waals surface area (Å²) in [5.74, 6) is 0.658. The molecule has 1 fully saturated rings. The standard InChI is InChI=1S/C24H32N4O2S/c1-16-6-7-17(2)19(12-16)26-8-10-27(11-9-26)22(30)18-14-28-21(29)13-20(24(3,4)5)25-23(28)31-15-18/h6-7,12-13,18H,8-11,14-15H2,1-5H3. The predicted octanol–water partition coefficient (Wildman–Crippen LogP) is 3.23. The summed E-state index contributed by atoms with van der Waals surface area (Å²) in [4.78, 5) is 35.0. The Balaban J connectivity index is 1.43. The zero-order chi connectivity index (χ0) is 22.3. The molecule has 7 heteroatoms. The molecule has 0 radical (unpaired) electrons. The van der Waals surface area contributed by atoms with Gasteiger partial charge in [0.2, 0.25) is 5.91 Å². The second-order valence-electron chi connectivity index (χ2n) is 9.73. The average molecular weight is 441 g/mol. The van der Waals surface area contributed by atoms with E-state index in [-0.39, 0.29) is 22.8 Å². The van der Waals surface area contributed by atoms with E-state index in [9.17, 15) is 9.59 Å². The number of amides is 1. The third-order valence-electron chi connectivity index (χ3n) is 6.20. The first kappa shape index (κ1) is 21.9. The molecule has 1 amide bonds. The molecule has 3 heterocycles. The highest BCUT2D eigenvalue weighted by atomic mass is 32.2. The Labute approximate surface area is 188 Å². The van der Waals surface area contributed by atoms with Crippen LogP contribution >= 0.6 is 11.8 Å². The van der Waals surface area contributed by atoms with Gasteiger partial charge in [-0.05, 0) is 31.0 Å². The van der Waals surface area contributed by atoms with E-state index in [1.165, 1.54) is 28.6 Å². The summed E-state index contributed by atoms with van der Waals surface area (Å²) in [5, 5.41) is 0.737. The van der Waals surface area contributed by atoms with E-state index < -0.39 is 0 Å². The summed E-state index contributed by atoms with van der Waals surface area (Å²) >= 11 is 1.53. The van der Waals surface area contributed by atoms with Crippen molar-refractivity contribution in [1.29, 1.82) is 0 Å². The van der Waals surface area contributed by atoms with E-state index in [1.807, 2.05) is 4.90 Å². The Bertz CT molecular complexity index is 1050. The third-order valence-corrected chi connectivity index (χ3v) is 7.34. The Kier molecular flexibility index (Phi) is 5.90. The van der Waals surface area contributed by atoms with Gasteiger partial charge in [0.05, 0.1) is 11.6 Å². The number of rotatable bonds is 2. The van der Waals surface area contributed by atoms with Crippen molar-refractivity contribution in [2.45, 2.75) is 51.7 Å². The molecule has 0 spiro atoms. The number of hydrogen-bond acceptors (Lipinski definition) is 5. The molecule has 2 aliphatic heterocycles. The third kappa shape index (κ3) is 4.52. The van der Waals surface area contributed by atoms with Crippen molar-refractivity contribution in [3.8, 4) is 0 Å². The number of piperazine rings is 1. The SMILES string of the molecule is Cc1ccc(C)c(N2CCN(C(=O)C3CSc4nc(C(C)(C)C)cc(=O)n4C3)CC2)c1. The van der Waals surface area contributed by atoms with Crippen LogP contribution < -0.4 is 10.5 Å². The zero-order valence-electron chi connectivity index (χ0n) is 19.1. The van der Waals surface area contributed by atoms with Gasteiger partial charge in [0.1, 0.15) is 0 Å². The van der Waals surface area contributed by atoms with Gasteiger partial charge in [0.15, 0.2) is 5.16 Å². The fraction of sp³-hybridized carbons (Fsp3) is 0.542. The van der Waals surface area contributed by atoms with E-state index in [1.54, 1.807) is 10.6 Å². The molecule has 166 valence electrons. The van der Waals surface area contributed by atoms with Crippen LogP contribution in [0, 0.1) is 19.8 Å². The number of hydrogen-bond donors (Lipinski definition) is 0. The number of fused-ring (bicyclic) bond motifs is 1. The molecule has 6 nitrogen and oxygen atoms in total. The van der Waals surface area contributed by atoms with Gasteiger partial charge in [0.25, 0.3) is 5.56 Å². The minimum Gasteiger partial charge on any atom is -0.368 e. The summed E-state index contributed by atoms with van der Waals surface area (Å²) in [7, 11) is 0. The predicted molar refractivity (Wildman–Crippen MR) is 126 cm³/mol. The van der Waals surface area contributed by atoms with Crippen molar-refractivity contribution in [2.75, 3.05) is 36.8 Å². The molecule has 0 saturated carbocycles. The maximum atomic E-state index is 13.2. The van der Waals surface area contributed by atoms with Crippen LogP contribution in [0.5, 0.6) is 0 Å². The van der Waals surface area contributed by atoms with Crippen molar-refractivity contribution in [2.24, 2.45) is 5.92 Å². The molecule has 2 aromatic rings. The Morgan fingerprint density at radius 3 is 2.48 bits per heavy atom. The minimum absolute atomic E-state index is 0.0559. The lowest BCUT2D eigenvalue weighted by Gasteiger charge is -2.39. The second-order valence-corrected chi connectivity index (χ2v) is 10.7. The van der Waals surface area contributed by atoms with E-state index >= 15 is 0 Å². The molecule has 0 bridgehead atoms. The topological polar surface area (TPSA) is 58.4 Å². The van der Waals surface area contributed by atoms with Crippen molar-refractivity contribution in [3.63, 3.8) is 0 Å². The molecule has 31 heavy (non-hydrogen) atoms. The Morgan fingerprint density at radius 2 is 1.81 bits per heavy atom. The van der Waals surface area contributed by atoms with Gasteiger partial charge >= 0.3 is 0 Å². The number of carbonyl (C=O) groups excluding carboxylic acids is 1. The Hall–Kier alpha value is -2.28. The lowest BCUT2D eigenvalue weighted by Crippen LogP contribution is -2.52. The zero-order valence-corrected chi connectivity index (χ0v) is 20.0. The molecular weight excluding hydrogens is 408 g/mol. The number of benzene rings is 1. The quantitative estimate of drug-likeness (QED) is 0.671. The number of nitrogens with zero attached hydrogens (tertiary/aromatic N) is 4. The van der Waals surface area contributed by atoms with E-state index in [0.717, 1.165) is 37.0 Å². The molecule has 2 aliphatic rings. The number of carbonyl (C=O) groups is 1.